The molecule has 0 amide bonds. The summed E-state index contributed by atoms with van der Waals surface area (Å²) < 4.78 is 7.19. The van der Waals surface area contributed by atoms with Crippen LogP contribution in [0.5, 0.6) is 0 Å². The molecular weight excluding hydrogens is 683 g/mol. The van der Waals surface area contributed by atoms with E-state index in [2.05, 4.69) is 168 Å². The van der Waals surface area contributed by atoms with Gasteiger partial charge in [0.25, 0.3) is 0 Å². The molecule has 4 aromatic heterocycles. The minimum Gasteiger partial charge on any atom is -0.276 e. The molecule has 0 atom stereocenters. The molecule has 0 bridgehead atoms. The molecule has 0 spiro atoms. The highest BCUT2D eigenvalue weighted by Crippen LogP contribution is 2.49. The molecule has 0 saturated carbocycles. The molecule has 0 saturated heterocycles. The lowest BCUT2D eigenvalue weighted by molar-refractivity contribution is 1.02. The summed E-state index contributed by atoms with van der Waals surface area (Å²) in [5.74, 6) is 0.689. The van der Waals surface area contributed by atoms with E-state index in [1.54, 1.807) is 11.3 Å². The minimum atomic E-state index is 0.689. The van der Waals surface area contributed by atoms with Gasteiger partial charge in [-0.2, -0.15) is 0 Å². The first kappa shape index (κ1) is 29.2. The first-order chi connectivity index (χ1) is 26.3. The Morgan fingerprint density at radius 2 is 1.09 bits per heavy atom. The summed E-state index contributed by atoms with van der Waals surface area (Å²) >= 11 is 3.65. The molecule has 0 radical (unpaired) electrons. The molecule has 0 fully saturated rings. The second-order valence-electron chi connectivity index (χ2n) is 13.7. The number of benzene rings is 8. The molecule has 0 aliphatic rings. The summed E-state index contributed by atoms with van der Waals surface area (Å²) in [6.07, 6.45) is 0. The average molecular weight is 710 g/mol. The lowest BCUT2D eigenvalue weighted by Crippen LogP contribution is -2.03. The molecule has 246 valence electrons. The van der Waals surface area contributed by atoms with Gasteiger partial charge in [0, 0.05) is 41.9 Å². The van der Waals surface area contributed by atoms with Gasteiger partial charge in [0.05, 0.1) is 31.6 Å². The van der Waals surface area contributed by atoms with Crippen molar-refractivity contribution in [1.29, 1.82) is 0 Å². The summed E-state index contributed by atoms with van der Waals surface area (Å²) in [6, 6.07) is 59.2. The minimum absolute atomic E-state index is 0.689. The van der Waals surface area contributed by atoms with Crippen molar-refractivity contribution >= 4 is 106 Å². The molecule has 12 aromatic rings. The molecule has 0 unspecified atom stereocenters. The van der Waals surface area contributed by atoms with Crippen molar-refractivity contribution in [2.45, 2.75) is 0 Å². The molecular formula is C48H27N3S2. The molecule has 4 heterocycles. The van der Waals surface area contributed by atoms with Crippen LogP contribution < -0.4 is 0 Å². The Hall–Kier alpha value is -6.40. The molecule has 8 aromatic carbocycles. The molecule has 5 heteroatoms. The van der Waals surface area contributed by atoms with E-state index in [-0.39, 0.29) is 0 Å². The summed E-state index contributed by atoms with van der Waals surface area (Å²) in [5, 5.41) is 11.1. The average Bonchev–Trinajstić information content (AvgIpc) is 3.90. The standard InChI is InChI=1S/C48H27N3S2/c1-2-12-28(13-3-1)31-24-25-36-40(27-31)53-46-42(36)34-17-7-6-16-33(34)41-35-18-8-10-20-38(35)51(45(41)46)48-49-43(32-23-22-29-14-4-5-15-30(29)26-32)47-44(50-48)37-19-9-11-21-39(37)52-47/h1-27H. The predicted octanol–water partition coefficient (Wildman–Crippen LogP) is 13.9. The van der Waals surface area contributed by atoms with E-state index in [0.717, 1.165) is 37.9 Å². The molecule has 3 nitrogen and oxygen atoms in total. The highest BCUT2D eigenvalue weighted by atomic mass is 32.1. The van der Waals surface area contributed by atoms with Gasteiger partial charge < -0.3 is 0 Å². The first-order valence-corrected chi connectivity index (χ1v) is 19.5. The van der Waals surface area contributed by atoms with Gasteiger partial charge in [-0.25, -0.2) is 9.97 Å². The van der Waals surface area contributed by atoms with Gasteiger partial charge in [0.1, 0.15) is 0 Å². The smallest absolute Gasteiger partial charge is 0.235 e. The van der Waals surface area contributed by atoms with E-state index in [0.29, 0.717) is 5.95 Å². The van der Waals surface area contributed by atoms with Crippen LogP contribution >= 0.6 is 22.7 Å². The summed E-state index contributed by atoms with van der Waals surface area (Å²) in [5.41, 5.74) is 7.76. The third-order valence-electron chi connectivity index (χ3n) is 10.8. The van der Waals surface area contributed by atoms with E-state index < -0.39 is 0 Å². The third kappa shape index (κ3) is 4.20. The van der Waals surface area contributed by atoms with E-state index >= 15 is 0 Å². The van der Waals surface area contributed by atoms with Crippen molar-refractivity contribution in [2.75, 3.05) is 0 Å². The van der Waals surface area contributed by atoms with Crippen molar-refractivity contribution in [2.24, 2.45) is 0 Å². The summed E-state index contributed by atoms with van der Waals surface area (Å²) in [6.45, 7) is 0. The topological polar surface area (TPSA) is 30.7 Å². The van der Waals surface area contributed by atoms with Gasteiger partial charge in [-0.3, -0.25) is 4.57 Å². The van der Waals surface area contributed by atoms with Crippen LogP contribution in [0.25, 0.3) is 112 Å². The van der Waals surface area contributed by atoms with E-state index in [1.165, 1.54) is 68.3 Å². The van der Waals surface area contributed by atoms with Gasteiger partial charge in [-0.05, 0) is 56.9 Å². The highest BCUT2D eigenvalue weighted by Gasteiger charge is 2.25. The maximum atomic E-state index is 5.58. The fourth-order valence-corrected chi connectivity index (χ4v) is 10.9. The maximum Gasteiger partial charge on any atom is 0.235 e. The van der Waals surface area contributed by atoms with E-state index in [9.17, 15) is 0 Å². The van der Waals surface area contributed by atoms with Crippen LogP contribution in [0.1, 0.15) is 0 Å². The van der Waals surface area contributed by atoms with Crippen LogP contribution in [-0.4, -0.2) is 14.5 Å². The van der Waals surface area contributed by atoms with Crippen LogP contribution in [0, 0.1) is 0 Å². The lowest BCUT2D eigenvalue weighted by Gasteiger charge is -2.12. The second kappa shape index (κ2) is 11.1. The number of hydrogen-bond donors (Lipinski definition) is 0. The second-order valence-corrected chi connectivity index (χ2v) is 15.8. The third-order valence-corrected chi connectivity index (χ3v) is 13.1. The lowest BCUT2D eigenvalue weighted by atomic mass is 9.98. The Bertz CT molecular complexity index is 3460. The van der Waals surface area contributed by atoms with Crippen LogP contribution in [0.15, 0.2) is 164 Å². The zero-order chi connectivity index (χ0) is 34.6. The summed E-state index contributed by atoms with van der Waals surface area (Å²) in [4.78, 5) is 11.1. The van der Waals surface area contributed by atoms with Gasteiger partial charge in [0.15, 0.2) is 0 Å². The highest BCUT2D eigenvalue weighted by molar-refractivity contribution is 7.27. The predicted molar refractivity (Wildman–Crippen MR) is 228 cm³/mol. The van der Waals surface area contributed by atoms with Gasteiger partial charge >= 0.3 is 0 Å². The van der Waals surface area contributed by atoms with E-state index in [1.807, 2.05) is 11.3 Å². The van der Waals surface area contributed by atoms with Crippen LogP contribution in [-0.2, 0) is 0 Å². The van der Waals surface area contributed by atoms with Gasteiger partial charge in [-0.1, -0.05) is 140 Å². The van der Waals surface area contributed by atoms with Crippen molar-refractivity contribution in [3.05, 3.63) is 164 Å². The Morgan fingerprint density at radius 1 is 0.415 bits per heavy atom. The molecule has 0 aliphatic carbocycles. The van der Waals surface area contributed by atoms with Crippen LogP contribution in [0.2, 0.25) is 0 Å². The summed E-state index contributed by atoms with van der Waals surface area (Å²) in [7, 11) is 0. The fourth-order valence-electron chi connectivity index (χ4n) is 8.41. The maximum absolute atomic E-state index is 5.58. The SMILES string of the molecule is c1ccc(-c2ccc3c(c2)sc2c3c3ccccc3c3c4ccccc4n(-c4nc(-c5ccc6ccccc6c5)c5sc6ccccc6c5n4)c23)cc1. The van der Waals surface area contributed by atoms with Gasteiger partial charge in [-0.15, -0.1) is 22.7 Å². The number of nitrogens with zero attached hydrogens (tertiary/aromatic N) is 3. The zero-order valence-electron chi connectivity index (χ0n) is 28.2. The first-order valence-electron chi connectivity index (χ1n) is 17.8. The van der Waals surface area contributed by atoms with Crippen molar-refractivity contribution in [1.82, 2.24) is 14.5 Å². The molecule has 53 heavy (non-hydrogen) atoms. The number of hydrogen-bond acceptors (Lipinski definition) is 4. The Balaban J connectivity index is 1.25. The van der Waals surface area contributed by atoms with Crippen LogP contribution in [0.3, 0.4) is 0 Å². The Morgan fingerprint density at radius 3 is 1.96 bits per heavy atom. The number of aromatic nitrogens is 3. The number of para-hydroxylation sites is 1. The van der Waals surface area contributed by atoms with Crippen LogP contribution in [0.4, 0.5) is 0 Å². The number of rotatable bonds is 3. The molecule has 12 rings (SSSR count). The Labute approximate surface area is 311 Å². The fraction of sp³-hybridized carbons (Fsp3) is 0. The monoisotopic (exact) mass is 709 g/mol. The molecule has 0 aliphatic heterocycles. The normalized spacial score (nSPS) is 12.2. The van der Waals surface area contributed by atoms with Crippen molar-refractivity contribution in [3.63, 3.8) is 0 Å². The largest absolute Gasteiger partial charge is 0.276 e. The molecule has 0 N–H and O–H groups in total. The Kier molecular flexibility index (Phi) is 6.09. The quantitative estimate of drug-likeness (QED) is 0.183. The van der Waals surface area contributed by atoms with Gasteiger partial charge in [0.2, 0.25) is 5.95 Å². The zero-order valence-corrected chi connectivity index (χ0v) is 29.9. The van der Waals surface area contributed by atoms with Crippen molar-refractivity contribution in [3.8, 4) is 28.3 Å². The number of thiophene rings is 2. The van der Waals surface area contributed by atoms with E-state index in [4.69, 9.17) is 9.97 Å². The van der Waals surface area contributed by atoms with Crippen molar-refractivity contribution < 1.29 is 0 Å². The number of fused-ring (bicyclic) bond motifs is 14.